The molecule has 0 radical (unpaired) electrons. The van der Waals surface area contributed by atoms with Crippen molar-refractivity contribution < 1.29 is 4.39 Å². The van der Waals surface area contributed by atoms with Crippen molar-refractivity contribution in [2.45, 2.75) is 19.9 Å². The fourth-order valence-corrected chi connectivity index (χ4v) is 4.04. The summed E-state index contributed by atoms with van der Waals surface area (Å²) in [5, 5.41) is 7.65. The molecule has 0 aliphatic carbocycles. The normalized spacial score (nSPS) is 15.3. The number of nitrogens with zero attached hydrogens (tertiary/aromatic N) is 4. The molecule has 0 bridgehead atoms. The molecule has 0 amide bonds. The number of likely N-dealkylation sites (N-methyl/N-ethyl adjacent to an activating group) is 1. The molecule has 8 heteroatoms. The summed E-state index contributed by atoms with van der Waals surface area (Å²) in [4.78, 5) is 17.3. The molecule has 2 aromatic heterocycles. The molecule has 1 aliphatic rings. The van der Waals surface area contributed by atoms with Gasteiger partial charge in [0.1, 0.15) is 11.6 Å². The van der Waals surface area contributed by atoms with Gasteiger partial charge in [0, 0.05) is 68.1 Å². The Bertz CT molecular complexity index is 1050. The lowest BCUT2D eigenvalue weighted by Crippen LogP contribution is -2.45. The van der Waals surface area contributed by atoms with Crippen LogP contribution >= 0.6 is 0 Å². The van der Waals surface area contributed by atoms with E-state index in [2.05, 4.69) is 50.4 Å². The van der Waals surface area contributed by atoms with Crippen LogP contribution in [0.4, 0.5) is 10.2 Å². The van der Waals surface area contributed by atoms with Crippen LogP contribution in [-0.2, 0) is 13.0 Å². The fourth-order valence-electron chi connectivity index (χ4n) is 4.04. The number of hydrogen-bond donors (Lipinski definition) is 3. The lowest BCUT2D eigenvalue weighted by molar-refractivity contribution is 0.312. The van der Waals surface area contributed by atoms with Crippen LogP contribution in [0.1, 0.15) is 18.1 Å². The van der Waals surface area contributed by atoms with Crippen LogP contribution in [0, 0.1) is 5.82 Å². The van der Waals surface area contributed by atoms with Gasteiger partial charge in [-0.15, -0.1) is 0 Å². The number of aliphatic imine (C=N–C) groups is 1. The molecule has 1 aromatic carbocycles. The molecule has 7 nitrogen and oxygen atoms in total. The molecule has 0 saturated carbocycles. The van der Waals surface area contributed by atoms with Crippen molar-refractivity contribution in [1.29, 1.82) is 0 Å². The third-order valence-electron chi connectivity index (χ3n) is 5.84. The van der Waals surface area contributed by atoms with Gasteiger partial charge in [0.05, 0.1) is 6.54 Å². The van der Waals surface area contributed by atoms with Gasteiger partial charge >= 0.3 is 0 Å². The molecule has 3 heterocycles. The summed E-state index contributed by atoms with van der Waals surface area (Å²) in [5.41, 5.74) is 3.17. The van der Waals surface area contributed by atoms with Gasteiger partial charge in [-0.25, -0.2) is 14.4 Å². The highest BCUT2D eigenvalue weighted by Gasteiger charge is 2.17. The quantitative estimate of drug-likeness (QED) is 0.392. The van der Waals surface area contributed by atoms with E-state index in [9.17, 15) is 4.39 Å². The van der Waals surface area contributed by atoms with Crippen LogP contribution in [0.25, 0.3) is 10.9 Å². The van der Waals surface area contributed by atoms with Crippen molar-refractivity contribution in [2.24, 2.45) is 4.99 Å². The second-order valence-corrected chi connectivity index (χ2v) is 8.15. The number of anilines is 1. The molecular weight excluding hydrogens is 405 g/mol. The Hall–Kier alpha value is -3.13. The first-order valence-electron chi connectivity index (χ1n) is 11.3. The number of aromatic nitrogens is 2. The standard InChI is InChI=1S/C24H32FN7/c1-3-26-24(28-10-8-18-16-29-22-7-6-20(25)15-21(18)22)30-17-19-5-4-9-27-23(19)32-13-11-31(2)12-14-32/h4-7,9,15-16,29H,3,8,10-14,17H2,1-2H3,(H2,26,28,30). The van der Waals surface area contributed by atoms with Crippen LogP contribution in [0.5, 0.6) is 0 Å². The van der Waals surface area contributed by atoms with Crippen LogP contribution in [0.15, 0.2) is 47.7 Å². The van der Waals surface area contributed by atoms with Gasteiger partial charge in [-0.2, -0.15) is 0 Å². The Morgan fingerprint density at radius 1 is 1.16 bits per heavy atom. The Balaban J connectivity index is 1.40. The zero-order chi connectivity index (χ0) is 22.3. The molecule has 0 unspecified atom stereocenters. The van der Waals surface area contributed by atoms with Gasteiger partial charge < -0.3 is 25.4 Å². The lowest BCUT2D eigenvalue weighted by Gasteiger charge is -2.34. The molecule has 3 aromatic rings. The summed E-state index contributed by atoms with van der Waals surface area (Å²) in [6, 6.07) is 8.92. The van der Waals surface area contributed by atoms with Crippen LogP contribution in [0.3, 0.4) is 0 Å². The summed E-state index contributed by atoms with van der Waals surface area (Å²) in [6.07, 6.45) is 4.58. The molecule has 170 valence electrons. The number of pyridine rings is 1. The van der Waals surface area contributed by atoms with E-state index in [1.807, 2.05) is 18.5 Å². The Morgan fingerprint density at radius 2 is 2.00 bits per heavy atom. The van der Waals surface area contributed by atoms with E-state index in [4.69, 9.17) is 4.99 Å². The highest BCUT2D eigenvalue weighted by atomic mass is 19.1. The van der Waals surface area contributed by atoms with E-state index in [0.717, 1.165) is 73.0 Å². The average molecular weight is 438 g/mol. The maximum atomic E-state index is 13.6. The number of nitrogens with one attached hydrogen (secondary N) is 3. The fraction of sp³-hybridized carbons (Fsp3) is 0.417. The van der Waals surface area contributed by atoms with Crippen LogP contribution in [-0.4, -0.2) is 67.1 Å². The van der Waals surface area contributed by atoms with E-state index in [-0.39, 0.29) is 5.82 Å². The van der Waals surface area contributed by atoms with Crippen molar-refractivity contribution in [3.05, 3.63) is 59.7 Å². The van der Waals surface area contributed by atoms with Crippen molar-refractivity contribution >= 4 is 22.7 Å². The number of H-pyrrole nitrogens is 1. The predicted molar refractivity (Wildman–Crippen MR) is 129 cm³/mol. The van der Waals surface area contributed by atoms with Gasteiger partial charge in [0.15, 0.2) is 5.96 Å². The first-order chi connectivity index (χ1) is 15.6. The summed E-state index contributed by atoms with van der Waals surface area (Å²) in [5.74, 6) is 1.58. The number of rotatable bonds is 7. The number of hydrogen-bond acceptors (Lipinski definition) is 4. The lowest BCUT2D eigenvalue weighted by atomic mass is 10.1. The van der Waals surface area contributed by atoms with Gasteiger partial charge in [-0.05, 0) is 50.2 Å². The monoisotopic (exact) mass is 437 g/mol. The molecule has 1 aliphatic heterocycles. The van der Waals surface area contributed by atoms with E-state index in [0.29, 0.717) is 13.1 Å². The number of aromatic amines is 1. The first kappa shape index (κ1) is 22.1. The molecule has 32 heavy (non-hydrogen) atoms. The predicted octanol–water partition coefficient (Wildman–Crippen LogP) is 2.75. The molecule has 1 fully saturated rings. The van der Waals surface area contributed by atoms with Crippen molar-refractivity contribution in [3.63, 3.8) is 0 Å². The SMILES string of the molecule is CCNC(=NCc1cccnc1N1CCN(C)CC1)NCCc1c[nH]c2ccc(F)cc12. The van der Waals surface area contributed by atoms with E-state index < -0.39 is 0 Å². The maximum Gasteiger partial charge on any atom is 0.191 e. The number of fused-ring (bicyclic) bond motifs is 1. The van der Waals surface area contributed by atoms with E-state index >= 15 is 0 Å². The summed E-state index contributed by atoms with van der Waals surface area (Å²) in [7, 11) is 2.15. The largest absolute Gasteiger partial charge is 0.361 e. The maximum absolute atomic E-state index is 13.6. The zero-order valence-corrected chi connectivity index (χ0v) is 18.9. The van der Waals surface area contributed by atoms with Gasteiger partial charge in [-0.3, -0.25) is 0 Å². The van der Waals surface area contributed by atoms with Crippen LogP contribution < -0.4 is 15.5 Å². The number of guanidine groups is 1. The molecule has 1 saturated heterocycles. The smallest absolute Gasteiger partial charge is 0.191 e. The third-order valence-corrected chi connectivity index (χ3v) is 5.84. The van der Waals surface area contributed by atoms with Gasteiger partial charge in [0.2, 0.25) is 0 Å². The second kappa shape index (κ2) is 10.5. The van der Waals surface area contributed by atoms with E-state index in [1.54, 1.807) is 12.1 Å². The average Bonchev–Trinajstić information content (AvgIpc) is 3.20. The Kier molecular flexibility index (Phi) is 7.21. The van der Waals surface area contributed by atoms with Crippen molar-refractivity contribution in [1.82, 2.24) is 25.5 Å². The second-order valence-electron chi connectivity index (χ2n) is 8.15. The number of piperazine rings is 1. The highest BCUT2D eigenvalue weighted by molar-refractivity contribution is 5.83. The topological polar surface area (TPSA) is 71.6 Å². The first-order valence-corrected chi connectivity index (χ1v) is 11.3. The number of halogens is 1. The molecule has 4 rings (SSSR count). The van der Waals surface area contributed by atoms with Gasteiger partial charge in [0.25, 0.3) is 0 Å². The van der Waals surface area contributed by atoms with Crippen molar-refractivity contribution in [3.8, 4) is 0 Å². The number of benzene rings is 1. The van der Waals surface area contributed by atoms with Crippen LogP contribution in [0.2, 0.25) is 0 Å². The minimum Gasteiger partial charge on any atom is -0.361 e. The molecule has 0 atom stereocenters. The van der Waals surface area contributed by atoms with E-state index in [1.165, 1.54) is 6.07 Å². The van der Waals surface area contributed by atoms with Crippen molar-refractivity contribution in [2.75, 3.05) is 51.2 Å². The summed E-state index contributed by atoms with van der Waals surface area (Å²) in [6.45, 7) is 8.14. The highest BCUT2D eigenvalue weighted by Crippen LogP contribution is 2.20. The Morgan fingerprint density at radius 3 is 2.81 bits per heavy atom. The molecule has 0 spiro atoms. The molecular formula is C24H32FN7. The minimum atomic E-state index is -0.214. The third kappa shape index (κ3) is 5.37. The summed E-state index contributed by atoms with van der Waals surface area (Å²) >= 11 is 0. The Labute approximate surface area is 188 Å². The zero-order valence-electron chi connectivity index (χ0n) is 18.9. The summed E-state index contributed by atoms with van der Waals surface area (Å²) < 4.78 is 13.6. The molecule has 3 N–H and O–H groups in total. The minimum absolute atomic E-state index is 0.214. The van der Waals surface area contributed by atoms with Gasteiger partial charge in [-0.1, -0.05) is 6.07 Å².